The van der Waals surface area contributed by atoms with E-state index in [2.05, 4.69) is 23.6 Å². The van der Waals surface area contributed by atoms with Gasteiger partial charge in [-0.05, 0) is 13.1 Å². The molecule has 8 nitrogen and oxygen atoms in total. The molecule has 2 saturated heterocycles. The third-order valence-corrected chi connectivity index (χ3v) is 5.12. The molecule has 0 amide bonds. The molecule has 4 atom stereocenters. The van der Waals surface area contributed by atoms with E-state index in [9.17, 15) is 9.59 Å². The number of epoxide rings is 2. The molecule has 162 valence electrons. The number of likely N-dealkylation sites (N-methyl/N-ethyl adjacent to an activating group) is 1. The van der Waals surface area contributed by atoms with Crippen molar-refractivity contribution in [2.75, 3.05) is 65.7 Å². The summed E-state index contributed by atoms with van der Waals surface area (Å²) in [4.78, 5) is 29.0. The first kappa shape index (κ1) is 23.1. The first-order chi connectivity index (χ1) is 13.4. The van der Waals surface area contributed by atoms with E-state index in [0.29, 0.717) is 39.5 Å². The highest BCUT2D eigenvalue weighted by Crippen LogP contribution is 2.13. The molecule has 2 heterocycles. The van der Waals surface area contributed by atoms with Gasteiger partial charge in [0.1, 0.15) is 25.4 Å². The topological polar surface area (TPSA) is 84.1 Å². The fourth-order valence-corrected chi connectivity index (χ4v) is 2.97. The molecule has 0 N–H and O–H groups in total. The third kappa shape index (κ3) is 8.86. The Morgan fingerprint density at radius 1 is 0.857 bits per heavy atom. The molecule has 0 bridgehead atoms. The van der Waals surface area contributed by atoms with Crippen LogP contribution in [0.5, 0.6) is 0 Å². The Hall–Kier alpha value is -1.22. The van der Waals surface area contributed by atoms with Crippen LogP contribution in [0.1, 0.15) is 27.7 Å². The van der Waals surface area contributed by atoms with Crippen LogP contribution in [-0.4, -0.2) is 99.6 Å². The number of carbonyl (C=O) groups is 2. The Balaban J connectivity index is 1.82. The lowest BCUT2D eigenvalue weighted by molar-refractivity contribution is -0.150. The lowest BCUT2D eigenvalue weighted by Gasteiger charge is -2.29. The molecule has 28 heavy (non-hydrogen) atoms. The van der Waals surface area contributed by atoms with Gasteiger partial charge in [-0.15, -0.1) is 0 Å². The molecular formula is C20H36N2O6. The lowest BCUT2D eigenvalue weighted by Crippen LogP contribution is -2.42. The van der Waals surface area contributed by atoms with Crippen molar-refractivity contribution in [3.8, 4) is 0 Å². The normalized spacial score (nSPS) is 22.8. The summed E-state index contributed by atoms with van der Waals surface area (Å²) in [5.41, 5.74) is 0. The largest absolute Gasteiger partial charge is 0.463 e. The minimum absolute atomic E-state index is 0.0696. The minimum atomic E-state index is -0.265. The predicted molar refractivity (Wildman–Crippen MR) is 104 cm³/mol. The van der Waals surface area contributed by atoms with Gasteiger partial charge >= 0.3 is 11.9 Å². The van der Waals surface area contributed by atoms with Gasteiger partial charge < -0.3 is 28.7 Å². The molecule has 0 aromatic carbocycles. The summed E-state index contributed by atoms with van der Waals surface area (Å²) < 4.78 is 20.8. The van der Waals surface area contributed by atoms with Gasteiger partial charge in [0.15, 0.2) is 0 Å². The number of ether oxygens (including phenoxy) is 4. The maximum Gasteiger partial charge on any atom is 0.310 e. The zero-order valence-electron chi connectivity index (χ0n) is 17.7. The van der Waals surface area contributed by atoms with E-state index in [0.717, 1.165) is 26.2 Å². The fraction of sp³-hybridized carbons (Fsp3) is 0.900. The molecule has 2 aliphatic rings. The van der Waals surface area contributed by atoms with Gasteiger partial charge in [0.05, 0.1) is 25.0 Å². The van der Waals surface area contributed by atoms with E-state index in [1.54, 1.807) is 0 Å². The van der Waals surface area contributed by atoms with E-state index >= 15 is 0 Å². The first-order valence-corrected chi connectivity index (χ1v) is 10.4. The first-order valence-electron chi connectivity index (χ1n) is 10.4. The maximum atomic E-state index is 12.2. The molecule has 0 saturated carbocycles. The zero-order chi connectivity index (χ0) is 20.5. The minimum Gasteiger partial charge on any atom is -0.463 e. The van der Waals surface area contributed by atoms with Crippen LogP contribution in [0, 0.1) is 11.8 Å². The van der Waals surface area contributed by atoms with Crippen molar-refractivity contribution in [1.82, 2.24) is 9.80 Å². The smallest absolute Gasteiger partial charge is 0.310 e. The average Bonchev–Trinajstić information content (AvgIpc) is 3.59. The van der Waals surface area contributed by atoms with Crippen LogP contribution < -0.4 is 0 Å². The number of carbonyl (C=O) groups excluding carboxylic acids is 2. The maximum absolute atomic E-state index is 12.2. The summed E-state index contributed by atoms with van der Waals surface area (Å²) in [6.45, 7) is 14.7. The van der Waals surface area contributed by atoms with Crippen LogP contribution >= 0.6 is 0 Å². The van der Waals surface area contributed by atoms with E-state index < -0.39 is 0 Å². The number of hydrogen-bond acceptors (Lipinski definition) is 8. The average molecular weight is 401 g/mol. The highest BCUT2D eigenvalue weighted by Gasteiger charge is 2.28. The molecular weight excluding hydrogens is 364 g/mol. The van der Waals surface area contributed by atoms with Crippen molar-refractivity contribution in [3.63, 3.8) is 0 Å². The summed E-state index contributed by atoms with van der Waals surface area (Å²) in [6, 6.07) is 0. The number of esters is 2. The van der Waals surface area contributed by atoms with Gasteiger partial charge in [-0.2, -0.15) is 0 Å². The standard InChI is InChI=1S/C20H36N2O6/c1-5-21(6-2)7-8-22(9-15(3)19(23)27-13-17-11-25-17)10-16(4)20(24)28-14-18-12-26-18/h15-18H,5-14H2,1-4H3. The molecule has 2 rings (SSSR count). The van der Waals surface area contributed by atoms with Crippen molar-refractivity contribution in [2.45, 2.75) is 39.9 Å². The van der Waals surface area contributed by atoms with Crippen molar-refractivity contribution >= 4 is 11.9 Å². The zero-order valence-corrected chi connectivity index (χ0v) is 17.7. The molecule has 0 aliphatic carbocycles. The molecule has 0 spiro atoms. The monoisotopic (exact) mass is 400 g/mol. The van der Waals surface area contributed by atoms with Crippen LogP contribution in [0.25, 0.3) is 0 Å². The lowest BCUT2D eigenvalue weighted by atomic mass is 10.1. The Morgan fingerprint density at radius 2 is 1.25 bits per heavy atom. The summed E-state index contributed by atoms with van der Waals surface area (Å²) >= 11 is 0. The number of hydrogen-bond donors (Lipinski definition) is 0. The predicted octanol–water partition coefficient (Wildman–Crippen LogP) is 0.786. The summed E-state index contributed by atoms with van der Waals surface area (Å²) in [6.07, 6.45) is 0.139. The van der Waals surface area contributed by atoms with E-state index in [4.69, 9.17) is 18.9 Å². The van der Waals surface area contributed by atoms with Crippen LogP contribution in [0.4, 0.5) is 0 Å². The molecule has 2 fully saturated rings. The van der Waals surface area contributed by atoms with Crippen molar-refractivity contribution in [3.05, 3.63) is 0 Å². The van der Waals surface area contributed by atoms with Crippen LogP contribution in [0.3, 0.4) is 0 Å². The van der Waals surface area contributed by atoms with Crippen LogP contribution in [-0.2, 0) is 28.5 Å². The second kappa shape index (κ2) is 11.7. The Bertz CT molecular complexity index is 455. The highest BCUT2D eigenvalue weighted by atomic mass is 16.6. The summed E-state index contributed by atoms with van der Waals surface area (Å²) in [5.74, 6) is -0.967. The number of nitrogens with zero attached hydrogens (tertiary/aromatic N) is 2. The second-order valence-corrected chi connectivity index (χ2v) is 7.76. The second-order valence-electron chi connectivity index (χ2n) is 7.76. The third-order valence-electron chi connectivity index (χ3n) is 5.12. The Morgan fingerprint density at radius 3 is 1.61 bits per heavy atom. The highest BCUT2D eigenvalue weighted by molar-refractivity contribution is 5.73. The van der Waals surface area contributed by atoms with Gasteiger partial charge in [-0.1, -0.05) is 27.7 Å². The van der Waals surface area contributed by atoms with Gasteiger partial charge in [0.25, 0.3) is 0 Å². The summed E-state index contributed by atoms with van der Waals surface area (Å²) in [5, 5.41) is 0. The van der Waals surface area contributed by atoms with Gasteiger partial charge in [0, 0.05) is 26.2 Å². The summed E-state index contributed by atoms with van der Waals surface area (Å²) in [7, 11) is 0. The van der Waals surface area contributed by atoms with E-state index in [-0.39, 0.29) is 36.0 Å². The van der Waals surface area contributed by atoms with E-state index in [1.165, 1.54) is 0 Å². The van der Waals surface area contributed by atoms with Crippen molar-refractivity contribution < 1.29 is 28.5 Å². The molecule has 2 aliphatic heterocycles. The Kier molecular flexibility index (Phi) is 9.64. The van der Waals surface area contributed by atoms with Gasteiger partial charge in [0.2, 0.25) is 0 Å². The number of rotatable bonds is 15. The van der Waals surface area contributed by atoms with Crippen LogP contribution in [0.15, 0.2) is 0 Å². The quantitative estimate of drug-likeness (QED) is 0.295. The molecule has 0 aromatic rings. The molecule has 4 unspecified atom stereocenters. The van der Waals surface area contributed by atoms with Gasteiger partial charge in [-0.25, -0.2) is 0 Å². The molecule has 0 aromatic heterocycles. The van der Waals surface area contributed by atoms with Crippen LogP contribution in [0.2, 0.25) is 0 Å². The molecule has 0 radical (unpaired) electrons. The fourth-order valence-electron chi connectivity index (χ4n) is 2.97. The van der Waals surface area contributed by atoms with E-state index in [1.807, 2.05) is 13.8 Å². The Labute approximate surface area is 168 Å². The van der Waals surface area contributed by atoms with Crippen molar-refractivity contribution in [1.29, 1.82) is 0 Å². The van der Waals surface area contributed by atoms with Gasteiger partial charge in [-0.3, -0.25) is 9.59 Å². The van der Waals surface area contributed by atoms with Crippen molar-refractivity contribution in [2.24, 2.45) is 11.8 Å². The molecule has 8 heteroatoms. The SMILES string of the molecule is CCN(CC)CCN(CC(C)C(=O)OCC1CO1)CC(C)C(=O)OCC1CO1.